The van der Waals surface area contributed by atoms with Crippen molar-refractivity contribution in [3.05, 3.63) is 65.5 Å². The summed E-state index contributed by atoms with van der Waals surface area (Å²) in [5, 5.41) is 2.81. The van der Waals surface area contributed by atoms with Crippen molar-refractivity contribution in [1.29, 1.82) is 0 Å². The highest BCUT2D eigenvalue weighted by molar-refractivity contribution is 7.89. The molecule has 1 aliphatic rings. The molecule has 2 N–H and O–H groups in total. The molecule has 2 aromatic carbocycles. The van der Waals surface area contributed by atoms with Crippen molar-refractivity contribution in [1.82, 2.24) is 10.0 Å². The maximum atomic E-state index is 13.6. The lowest BCUT2D eigenvalue weighted by Gasteiger charge is -2.09. The second kappa shape index (κ2) is 6.70. The number of amides is 1. The summed E-state index contributed by atoms with van der Waals surface area (Å²) >= 11 is 0. The predicted octanol–water partition coefficient (Wildman–Crippen LogP) is 2.20. The van der Waals surface area contributed by atoms with E-state index in [1.165, 1.54) is 36.4 Å². The average molecular weight is 348 g/mol. The Bertz CT molecular complexity index is 864. The number of hydrogen-bond acceptors (Lipinski definition) is 3. The van der Waals surface area contributed by atoms with Crippen molar-refractivity contribution in [2.45, 2.75) is 30.3 Å². The Balaban J connectivity index is 1.74. The summed E-state index contributed by atoms with van der Waals surface area (Å²) in [7, 11) is -3.84. The first-order valence-corrected chi connectivity index (χ1v) is 9.08. The Kier molecular flexibility index (Phi) is 4.64. The molecule has 126 valence electrons. The van der Waals surface area contributed by atoms with Crippen molar-refractivity contribution < 1.29 is 17.6 Å². The lowest BCUT2D eigenvalue weighted by atomic mass is 10.2. The molecule has 0 radical (unpaired) electrons. The number of sulfonamides is 1. The molecule has 0 saturated heterocycles. The molecule has 7 heteroatoms. The van der Waals surface area contributed by atoms with E-state index in [1.807, 2.05) is 0 Å². The molecule has 0 aromatic heterocycles. The molecule has 0 unspecified atom stereocenters. The van der Waals surface area contributed by atoms with Crippen molar-refractivity contribution in [3.8, 4) is 0 Å². The number of nitrogens with one attached hydrogen (secondary N) is 2. The Hall–Kier alpha value is -2.25. The maximum Gasteiger partial charge on any atom is 0.251 e. The first-order valence-electron chi connectivity index (χ1n) is 7.60. The minimum absolute atomic E-state index is 0.0257. The molecule has 24 heavy (non-hydrogen) atoms. The van der Waals surface area contributed by atoms with E-state index < -0.39 is 15.8 Å². The van der Waals surface area contributed by atoms with E-state index in [1.54, 1.807) is 12.1 Å². The van der Waals surface area contributed by atoms with Crippen LogP contribution in [0.25, 0.3) is 0 Å². The van der Waals surface area contributed by atoms with Gasteiger partial charge in [-0.15, -0.1) is 0 Å². The van der Waals surface area contributed by atoms with E-state index in [-0.39, 0.29) is 34.5 Å². The van der Waals surface area contributed by atoms with Crippen molar-refractivity contribution >= 4 is 15.9 Å². The maximum absolute atomic E-state index is 13.6. The van der Waals surface area contributed by atoms with Crippen LogP contribution in [-0.2, 0) is 16.6 Å². The molecule has 3 rings (SSSR count). The second-order valence-electron chi connectivity index (χ2n) is 5.69. The Labute approximate surface area is 139 Å². The fourth-order valence-corrected chi connectivity index (χ4v) is 3.25. The van der Waals surface area contributed by atoms with Gasteiger partial charge in [0.15, 0.2) is 0 Å². The topological polar surface area (TPSA) is 75.3 Å². The fraction of sp³-hybridized carbons (Fsp3) is 0.235. The van der Waals surface area contributed by atoms with Crippen LogP contribution in [-0.4, -0.2) is 20.4 Å². The van der Waals surface area contributed by atoms with Gasteiger partial charge in [-0.25, -0.2) is 17.5 Å². The van der Waals surface area contributed by atoms with Crippen LogP contribution < -0.4 is 10.0 Å². The number of halogens is 1. The zero-order valence-corrected chi connectivity index (χ0v) is 13.6. The van der Waals surface area contributed by atoms with Gasteiger partial charge < -0.3 is 5.32 Å². The van der Waals surface area contributed by atoms with Crippen LogP contribution in [0, 0.1) is 5.82 Å². The highest BCUT2D eigenvalue weighted by Crippen LogP contribution is 2.20. The minimum atomic E-state index is -3.84. The number of rotatable bonds is 6. The number of carbonyl (C=O) groups excluding carboxylic acids is 1. The summed E-state index contributed by atoms with van der Waals surface area (Å²) in [4.78, 5) is 12.0. The largest absolute Gasteiger partial charge is 0.349 e. The zero-order chi connectivity index (χ0) is 17.2. The fourth-order valence-electron chi connectivity index (χ4n) is 2.20. The molecule has 0 atom stereocenters. The first-order chi connectivity index (χ1) is 11.5. The standard InChI is InChI=1S/C17H17FN2O3S/c18-16-7-2-1-4-13(16)11-19-24(22,23)15-6-3-5-12(10-15)17(21)20-14-8-9-14/h1-7,10,14,19H,8-9,11H2,(H,20,21). The molecule has 0 heterocycles. The van der Waals surface area contributed by atoms with Gasteiger partial charge in [-0.3, -0.25) is 4.79 Å². The summed E-state index contributed by atoms with van der Waals surface area (Å²) in [5.74, 6) is -0.763. The van der Waals surface area contributed by atoms with Gasteiger partial charge in [0.2, 0.25) is 10.0 Å². The Morgan fingerprint density at radius 3 is 2.58 bits per heavy atom. The normalized spacial score (nSPS) is 14.4. The summed E-state index contributed by atoms with van der Waals surface area (Å²) in [6.07, 6.45) is 1.90. The summed E-state index contributed by atoms with van der Waals surface area (Å²) in [6, 6.07) is 11.9. The molecule has 1 aliphatic carbocycles. The first kappa shape index (κ1) is 16.6. The van der Waals surface area contributed by atoms with E-state index in [0.717, 1.165) is 12.8 Å². The lowest BCUT2D eigenvalue weighted by molar-refractivity contribution is 0.0951. The van der Waals surface area contributed by atoms with Gasteiger partial charge in [-0.05, 0) is 37.1 Å². The molecule has 2 aromatic rings. The Morgan fingerprint density at radius 1 is 1.12 bits per heavy atom. The third-order valence-corrected chi connectivity index (χ3v) is 5.13. The molecule has 1 fully saturated rings. The number of carbonyl (C=O) groups is 1. The van der Waals surface area contributed by atoms with Gasteiger partial charge in [-0.2, -0.15) is 0 Å². The van der Waals surface area contributed by atoms with Crippen molar-refractivity contribution in [3.63, 3.8) is 0 Å². The van der Waals surface area contributed by atoms with Crippen LogP contribution in [0.4, 0.5) is 4.39 Å². The van der Waals surface area contributed by atoms with Gasteiger partial charge >= 0.3 is 0 Å². The van der Waals surface area contributed by atoms with Crippen LogP contribution in [0.3, 0.4) is 0 Å². The molecule has 0 bridgehead atoms. The highest BCUT2D eigenvalue weighted by atomic mass is 32.2. The van der Waals surface area contributed by atoms with Crippen LogP contribution in [0.2, 0.25) is 0 Å². The van der Waals surface area contributed by atoms with E-state index >= 15 is 0 Å². The molecule has 5 nitrogen and oxygen atoms in total. The third-order valence-electron chi connectivity index (χ3n) is 3.73. The van der Waals surface area contributed by atoms with Gasteiger partial charge in [-0.1, -0.05) is 24.3 Å². The molecule has 0 spiro atoms. The average Bonchev–Trinajstić information content (AvgIpc) is 3.38. The monoisotopic (exact) mass is 348 g/mol. The van der Waals surface area contributed by atoms with Gasteiger partial charge in [0, 0.05) is 23.7 Å². The lowest BCUT2D eigenvalue weighted by Crippen LogP contribution is -2.27. The van der Waals surface area contributed by atoms with Crippen molar-refractivity contribution in [2.75, 3.05) is 0 Å². The molecule has 0 aliphatic heterocycles. The minimum Gasteiger partial charge on any atom is -0.349 e. The van der Waals surface area contributed by atoms with Crippen molar-refractivity contribution in [2.24, 2.45) is 0 Å². The van der Waals surface area contributed by atoms with E-state index in [0.29, 0.717) is 0 Å². The van der Waals surface area contributed by atoms with E-state index in [9.17, 15) is 17.6 Å². The summed E-state index contributed by atoms with van der Waals surface area (Å²) in [5.41, 5.74) is 0.541. The smallest absolute Gasteiger partial charge is 0.251 e. The summed E-state index contributed by atoms with van der Waals surface area (Å²) < 4.78 is 40.7. The zero-order valence-electron chi connectivity index (χ0n) is 12.8. The van der Waals surface area contributed by atoms with E-state index in [4.69, 9.17) is 0 Å². The van der Waals surface area contributed by atoms with Gasteiger partial charge in [0.25, 0.3) is 5.91 Å². The van der Waals surface area contributed by atoms with Crippen LogP contribution in [0.5, 0.6) is 0 Å². The predicted molar refractivity (Wildman–Crippen MR) is 87.4 cm³/mol. The SMILES string of the molecule is O=C(NC1CC1)c1cccc(S(=O)(=O)NCc2ccccc2F)c1. The van der Waals surface area contributed by atoms with Gasteiger partial charge in [0.05, 0.1) is 4.90 Å². The molecule has 1 saturated carbocycles. The van der Waals surface area contributed by atoms with Gasteiger partial charge in [0.1, 0.15) is 5.82 Å². The summed E-state index contributed by atoms with van der Waals surface area (Å²) in [6.45, 7) is -0.159. The highest BCUT2D eigenvalue weighted by Gasteiger charge is 2.24. The molecular formula is C17H17FN2O3S. The van der Waals surface area contributed by atoms with Crippen LogP contribution in [0.1, 0.15) is 28.8 Å². The molecule has 1 amide bonds. The second-order valence-corrected chi connectivity index (χ2v) is 7.46. The third kappa shape index (κ3) is 3.98. The van der Waals surface area contributed by atoms with Crippen LogP contribution in [0.15, 0.2) is 53.4 Å². The van der Waals surface area contributed by atoms with Crippen LogP contribution >= 0.6 is 0 Å². The molecular weight excluding hydrogens is 331 g/mol. The van der Waals surface area contributed by atoms with E-state index in [2.05, 4.69) is 10.0 Å². The number of hydrogen-bond donors (Lipinski definition) is 2. The quantitative estimate of drug-likeness (QED) is 0.840. The number of benzene rings is 2. The Morgan fingerprint density at radius 2 is 1.88 bits per heavy atom.